The number of benzene rings is 3. The van der Waals surface area contributed by atoms with Gasteiger partial charge in [0.1, 0.15) is 11.9 Å². The first-order valence-corrected chi connectivity index (χ1v) is 12.3. The van der Waals surface area contributed by atoms with Crippen LogP contribution in [0.2, 0.25) is 0 Å². The highest BCUT2D eigenvalue weighted by Crippen LogP contribution is 2.37. The monoisotopic (exact) mass is 518 g/mol. The van der Waals surface area contributed by atoms with Crippen LogP contribution in [0.3, 0.4) is 0 Å². The first kappa shape index (κ1) is 26.6. The van der Waals surface area contributed by atoms with E-state index in [-0.39, 0.29) is 35.0 Å². The van der Waals surface area contributed by atoms with E-state index < -0.39 is 46.7 Å². The zero-order valence-corrected chi connectivity index (χ0v) is 20.6. The number of ether oxygens (including phenoxy) is 2. The van der Waals surface area contributed by atoms with Crippen LogP contribution in [0, 0.1) is 36.0 Å². The van der Waals surface area contributed by atoms with E-state index in [9.17, 15) is 26.7 Å². The van der Waals surface area contributed by atoms with Crippen LogP contribution in [0.25, 0.3) is 11.1 Å². The minimum absolute atomic E-state index is 0.0292. The molecule has 0 N–H and O–H groups in total. The Balaban J connectivity index is 1.41. The second-order valence-corrected chi connectivity index (χ2v) is 9.26. The van der Waals surface area contributed by atoms with E-state index in [1.807, 2.05) is 6.92 Å². The summed E-state index contributed by atoms with van der Waals surface area (Å²) in [6, 6.07) is 9.52. The number of halogens is 5. The largest absolute Gasteiger partial charge is 0.490 e. The van der Waals surface area contributed by atoms with Gasteiger partial charge in [0, 0.05) is 11.1 Å². The van der Waals surface area contributed by atoms with Crippen LogP contribution in [0.4, 0.5) is 22.0 Å². The smallest absolute Gasteiger partial charge is 0.341 e. The van der Waals surface area contributed by atoms with Crippen LogP contribution in [-0.2, 0) is 4.74 Å². The molecule has 0 atom stereocenters. The number of hydrogen-bond acceptors (Lipinski definition) is 3. The SMILES string of the molecule is CCCOc1ccc(-c2ccc(C3CCC(OC(=O)c4ccc(C)c(F)c4F)CC3)cc2F)c(F)c1F. The topological polar surface area (TPSA) is 35.5 Å². The second-order valence-electron chi connectivity index (χ2n) is 9.26. The summed E-state index contributed by atoms with van der Waals surface area (Å²) in [6.45, 7) is 3.48. The molecular formula is C29H27F5O3. The van der Waals surface area contributed by atoms with Crippen LogP contribution >= 0.6 is 0 Å². The molecule has 1 aliphatic rings. The van der Waals surface area contributed by atoms with Gasteiger partial charge in [-0.1, -0.05) is 25.1 Å². The molecule has 0 saturated heterocycles. The molecule has 0 unspecified atom stereocenters. The van der Waals surface area contributed by atoms with Crippen molar-refractivity contribution in [3.8, 4) is 16.9 Å². The Morgan fingerprint density at radius 3 is 2.22 bits per heavy atom. The molecule has 3 aromatic rings. The lowest BCUT2D eigenvalue weighted by Crippen LogP contribution is -2.24. The highest BCUT2D eigenvalue weighted by Gasteiger charge is 2.28. The lowest BCUT2D eigenvalue weighted by molar-refractivity contribution is 0.0189. The number of carbonyl (C=O) groups is 1. The third-order valence-corrected chi connectivity index (χ3v) is 6.71. The minimum Gasteiger partial charge on any atom is -0.490 e. The van der Waals surface area contributed by atoms with Crippen LogP contribution in [0.5, 0.6) is 5.75 Å². The average Bonchev–Trinajstić information content (AvgIpc) is 2.89. The number of esters is 1. The van der Waals surface area contributed by atoms with Gasteiger partial charge in [0.15, 0.2) is 23.2 Å². The van der Waals surface area contributed by atoms with Gasteiger partial charge in [0.05, 0.1) is 12.2 Å². The van der Waals surface area contributed by atoms with E-state index in [0.717, 1.165) is 0 Å². The van der Waals surface area contributed by atoms with Crippen molar-refractivity contribution in [3.63, 3.8) is 0 Å². The van der Waals surface area contributed by atoms with Crippen molar-refractivity contribution >= 4 is 5.97 Å². The van der Waals surface area contributed by atoms with Gasteiger partial charge in [-0.3, -0.25) is 0 Å². The van der Waals surface area contributed by atoms with Crippen molar-refractivity contribution in [2.24, 2.45) is 0 Å². The molecule has 0 aromatic heterocycles. The highest BCUT2D eigenvalue weighted by molar-refractivity contribution is 5.90. The predicted molar refractivity (Wildman–Crippen MR) is 129 cm³/mol. The molecule has 1 aliphatic carbocycles. The van der Waals surface area contributed by atoms with Crippen molar-refractivity contribution < 1.29 is 36.2 Å². The fourth-order valence-electron chi connectivity index (χ4n) is 4.60. The Labute approximate surface area is 212 Å². The Morgan fingerprint density at radius 1 is 0.838 bits per heavy atom. The van der Waals surface area contributed by atoms with Gasteiger partial charge in [0.25, 0.3) is 0 Å². The molecule has 1 fully saturated rings. The molecule has 1 saturated carbocycles. The van der Waals surface area contributed by atoms with E-state index in [2.05, 4.69) is 0 Å². The summed E-state index contributed by atoms with van der Waals surface area (Å²) in [5.41, 5.74) is 0.0922. The predicted octanol–water partition coefficient (Wildman–Crippen LogP) is 8.03. The van der Waals surface area contributed by atoms with E-state index >= 15 is 0 Å². The summed E-state index contributed by atoms with van der Waals surface area (Å²) in [5.74, 6) is -6.48. The Morgan fingerprint density at radius 2 is 1.54 bits per heavy atom. The normalized spacial score (nSPS) is 17.5. The fourth-order valence-corrected chi connectivity index (χ4v) is 4.60. The molecule has 0 spiro atoms. The standard InChI is InChI=1S/C29H27F5O3/c1-3-14-36-24-13-12-21(26(32)28(24)34)20-11-7-18(15-23(20)30)17-5-8-19(9-6-17)37-29(35)22-10-4-16(2)25(31)27(22)33/h4,7,10-13,15,17,19H,3,5-6,8-9,14H2,1-2H3. The maximum Gasteiger partial charge on any atom is 0.341 e. The van der Waals surface area contributed by atoms with Crippen molar-refractivity contribution in [2.75, 3.05) is 6.61 Å². The molecule has 0 heterocycles. The highest BCUT2D eigenvalue weighted by atomic mass is 19.2. The number of rotatable bonds is 7. The van der Waals surface area contributed by atoms with Crippen LogP contribution in [0.1, 0.15) is 66.4 Å². The fraction of sp³-hybridized carbons (Fsp3) is 0.345. The first-order valence-electron chi connectivity index (χ1n) is 12.3. The van der Waals surface area contributed by atoms with E-state index in [0.29, 0.717) is 37.7 Å². The molecule has 3 aromatic carbocycles. The summed E-state index contributed by atoms with van der Waals surface area (Å²) in [5, 5.41) is 0. The maximum absolute atomic E-state index is 15.0. The molecular weight excluding hydrogens is 491 g/mol. The molecule has 4 rings (SSSR count). The van der Waals surface area contributed by atoms with Gasteiger partial charge < -0.3 is 9.47 Å². The molecule has 37 heavy (non-hydrogen) atoms. The Kier molecular flexibility index (Phi) is 8.15. The van der Waals surface area contributed by atoms with Crippen LogP contribution in [0.15, 0.2) is 42.5 Å². The minimum atomic E-state index is -1.23. The molecule has 0 aliphatic heterocycles. The van der Waals surface area contributed by atoms with Gasteiger partial charge in [0.2, 0.25) is 5.82 Å². The van der Waals surface area contributed by atoms with Crippen molar-refractivity contribution in [1.29, 1.82) is 0 Å². The molecule has 0 bridgehead atoms. The summed E-state index contributed by atoms with van der Waals surface area (Å²) in [6.07, 6.45) is 2.25. The third-order valence-electron chi connectivity index (χ3n) is 6.71. The number of hydrogen-bond donors (Lipinski definition) is 0. The summed E-state index contributed by atoms with van der Waals surface area (Å²) < 4.78 is 82.5. The maximum atomic E-state index is 15.0. The lowest BCUT2D eigenvalue weighted by atomic mass is 9.82. The van der Waals surface area contributed by atoms with Crippen molar-refractivity contribution in [2.45, 2.75) is 58.0 Å². The number of aryl methyl sites for hydroxylation is 1. The van der Waals surface area contributed by atoms with Gasteiger partial charge >= 0.3 is 5.97 Å². The van der Waals surface area contributed by atoms with Crippen molar-refractivity contribution in [1.82, 2.24) is 0 Å². The molecule has 3 nitrogen and oxygen atoms in total. The lowest BCUT2D eigenvalue weighted by Gasteiger charge is -2.29. The van der Waals surface area contributed by atoms with Gasteiger partial charge in [-0.25, -0.2) is 22.4 Å². The van der Waals surface area contributed by atoms with Gasteiger partial charge in [-0.05, 0) is 80.3 Å². The van der Waals surface area contributed by atoms with Crippen LogP contribution in [-0.4, -0.2) is 18.7 Å². The van der Waals surface area contributed by atoms with E-state index in [1.54, 1.807) is 6.07 Å². The van der Waals surface area contributed by atoms with Gasteiger partial charge in [-0.15, -0.1) is 0 Å². The first-order chi connectivity index (χ1) is 17.7. The van der Waals surface area contributed by atoms with Crippen LogP contribution < -0.4 is 4.74 Å². The molecule has 196 valence electrons. The van der Waals surface area contributed by atoms with Crippen molar-refractivity contribution in [3.05, 3.63) is 88.2 Å². The summed E-state index contributed by atoms with van der Waals surface area (Å²) >= 11 is 0. The Bertz CT molecular complexity index is 1300. The van der Waals surface area contributed by atoms with Gasteiger partial charge in [-0.2, -0.15) is 4.39 Å². The average molecular weight is 519 g/mol. The summed E-state index contributed by atoms with van der Waals surface area (Å²) in [7, 11) is 0. The molecule has 0 amide bonds. The number of carbonyl (C=O) groups excluding carboxylic acids is 1. The molecule has 8 heteroatoms. The second kappa shape index (κ2) is 11.3. The Hall–Kier alpha value is -3.42. The zero-order valence-electron chi connectivity index (χ0n) is 20.6. The van der Waals surface area contributed by atoms with E-state index in [4.69, 9.17) is 9.47 Å². The molecule has 0 radical (unpaired) electrons. The summed E-state index contributed by atoms with van der Waals surface area (Å²) in [4.78, 5) is 12.3. The quantitative estimate of drug-likeness (QED) is 0.235. The zero-order chi connectivity index (χ0) is 26.7. The van der Waals surface area contributed by atoms with E-state index in [1.165, 1.54) is 43.3 Å². The third kappa shape index (κ3) is 5.63.